The van der Waals surface area contributed by atoms with E-state index in [9.17, 15) is 0 Å². The van der Waals surface area contributed by atoms with Crippen LogP contribution in [0.2, 0.25) is 0 Å². The molecule has 3 nitrogen and oxygen atoms in total. The minimum atomic E-state index is 0.944. The molecule has 0 aromatic heterocycles. The van der Waals surface area contributed by atoms with Crippen LogP contribution in [0.15, 0.2) is 59.4 Å². The number of nitrogens with zero attached hydrogens (tertiary/aromatic N) is 2. The topological polar surface area (TPSA) is 24.8 Å². The van der Waals surface area contributed by atoms with Crippen LogP contribution in [-0.4, -0.2) is 32.3 Å². The van der Waals surface area contributed by atoms with Gasteiger partial charge < -0.3 is 9.74 Å². The average Bonchev–Trinajstić information content (AvgIpc) is 3.01. The maximum absolute atomic E-state index is 4.88. The highest BCUT2D eigenvalue weighted by atomic mass is 16.6. The van der Waals surface area contributed by atoms with Crippen LogP contribution in [0.25, 0.3) is 16.3 Å². The second-order valence-electron chi connectivity index (χ2n) is 5.57. The Morgan fingerprint density at radius 1 is 1.14 bits per heavy atom. The van der Waals surface area contributed by atoms with Gasteiger partial charge in [-0.25, -0.2) is 0 Å². The smallest absolute Gasteiger partial charge is 0.106 e. The highest BCUT2D eigenvalue weighted by molar-refractivity contribution is 5.98. The van der Waals surface area contributed by atoms with Crippen LogP contribution >= 0.6 is 0 Å². The molecule has 1 aliphatic rings. The van der Waals surface area contributed by atoms with Crippen molar-refractivity contribution < 1.29 is 4.84 Å². The summed E-state index contributed by atoms with van der Waals surface area (Å²) in [6.45, 7) is 0. The van der Waals surface area contributed by atoms with Crippen molar-refractivity contribution in [1.29, 1.82) is 0 Å². The van der Waals surface area contributed by atoms with Gasteiger partial charge in [-0.3, -0.25) is 0 Å². The van der Waals surface area contributed by atoms with Crippen molar-refractivity contribution in [1.82, 2.24) is 4.90 Å². The molecule has 1 aliphatic carbocycles. The van der Waals surface area contributed by atoms with E-state index in [-0.39, 0.29) is 0 Å². The first-order chi connectivity index (χ1) is 10.7. The lowest BCUT2D eigenvalue weighted by Crippen LogP contribution is -2.10. The van der Waals surface area contributed by atoms with Crippen molar-refractivity contribution in [2.24, 2.45) is 5.16 Å². The van der Waals surface area contributed by atoms with Gasteiger partial charge in [0.2, 0.25) is 0 Å². The standard InChI is InChI=1S/C19H20N2O/c1-21(2)19-10-6-9-17(19)18-12-15-8-5-4-7-14(15)11-16(18)13-20-22-3/h4-8,10-13H,9H2,1-3H3. The van der Waals surface area contributed by atoms with Gasteiger partial charge in [0.05, 0.1) is 6.21 Å². The van der Waals surface area contributed by atoms with Gasteiger partial charge in [0.1, 0.15) is 7.11 Å². The summed E-state index contributed by atoms with van der Waals surface area (Å²) in [7, 11) is 5.72. The normalized spacial score (nSPS) is 14.3. The third-order valence-electron chi connectivity index (χ3n) is 3.93. The first-order valence-corrected chi connectivity index (χ1v) is 7.37. The molecule has 0 fully saturated rings. The second-order valence-corrected chi connectivity index (χ2v) is 5.57. The molecule has 0 unspecified atom stereocenters. The maximum atomic E-state index is 4.88. The molecule has 0 amide bonds. The SMILES string of the molecule is CON=Cc1cc2ccccc2cc1C1=C(N(C)C)C=CC1. The van der Waals surface area contributed by atoms with Gasteiger partial charge in [0.15, 0.2) is 0 Å². The van der Waals surface area contributed by atoms with E-state index in [1.807, 2.05) is 0 Å². The van der Waals surface area contributed by atoms with Gasteiger partial charge in [-0.1, -0.05) is 35.5 Å². The first-order valence-electron chi connectivity index (χ1n) is 7.37. The number of hydrogen-bond acceptors (Lipinski definition) is 3. The number of oxime groups is 1. The summed E-state index contributed by atoms with van der Waals surface area (Å²) in [4.78, 5) is 7.04. The average molecular weight is 292 g/mol. The number of hydrogen-bond donors (Lipinski definition) is 0. The van der Waals surface area contributed by atoms with Gasteiger partial charge >= 0.3 is 0 Å². The second kappa shape index (κ2) is 6.06. The Balaban J connectivity index is 2.22. The highest BCUT2D eigenvalue weighted by Gasteiger charge is 2.16. The Morgan fingerprint density at radius 3 is 2.55 bits per heavy atom. The first kappa shape index (κ1) is 14.4. The molecule has 2 aromatic carbocycles. The monoisotopic (exact) mass is 292 g/mol. The molecule has 0 N–H and O–H groups in total. The number of likely N-dealkylation sites (N-methyl/N-ethyl adjacent to an activating group) is 1. The lowest BCUT2D eigenvalue weighted by Gasteiger charge is -2.18. The predicted molar refractivity (Wildman–Crippen MR) is 92.9 cm³/mol. The van der Waals surface area contributed by atoms with Crippen molar-refractivity contribution in [3.05, 3.63) is 65.4 Å². The Hall–Kier alpha value is -2.55. The fourth-order valence-corrected chi connectivity index (χ4v) is 2.90. The molecule has 0 radical (unpaired) electrons. The summed E-state index contributed by atoms with van der Waals surface area (Å²) in [5.41, 5.74) is 4.88. The molecule has 112 valence electrons. The number of rotatable bonds is 4. The molecule has 0 bridgehead atoms. The summed E-state index contributed by atoms with van der Waals surface area (Å²) < 4.78 is 0. The maximum Gasteiger partial charge on any atom is 0.106 e. The zero-order valence-corrected chi connectivity index (χ0v) is 13.2. The van der Waals surface area contributed by atoms with Gasteiger partial charge in [-0.15, -0.1) is 0 Å². The summed E-state index contributed by atoms with van der Waals surface area (Å²) in [5.74, 6) is 0. The molecular weight excluding hydrogens is 272 g/mol. The molecule has 3 heteroatoms. The fourth-order valence-electron chi connectivity index (χ4n) is 2.90. The minimum Gasteiger partial charge on any atom is -0.399 e. The Labute approximate surface area is 131 Å². The van der Waals surface area contributed by atoms with Gasteiger partial charge in [0.25, 0.3) is 0 Å². The zero-order chi connectivity index (χ0) is 15.5. The lowest BCUT2D eigenvalue weighted by molar-refractivity contribution is 0.215. The van der Waals surface area contributed by atoms with Gasteiger partial charge in [-0.2, -0.15) is 0 Å². The largest absolute Gasteiger partial charge is 0.399 e. The van der Waals surface area contributed by atoms with Crippen molar-refractivity contribution in [2.45, 2.75) is 6.42 Å². The van der Waals surface area contributed by atoms with E-state index in [1.165, 1.54) is 27.6 Å². The summed E-state index contributed by atoms with van der Waals surface area (Å²) >= 11 is 0. The van der Waals surface area contributed by atoms with Crippen molar-refractivity contribution in [2.75, 3.05) is 21.2 Å². The molecule has 0 saturated carbocycles. The van der Waals surface area contributed by atoms with Crippen LogP contribution in [0.3, 0.4) is 0 Å². The summed E-state index contributed by atoms with van der Waals surface area (Å²) in [6, 6.07) is 12.8. The molecule has 2 aromatic rings. The predicted octanol–water partition coefficient (Wildman–Crippen LogP) is 4.05. The van der Waals surface area contributed by atoms with Crippen LogP contribution < -0.4 is 0 Å². The Kier molecular flexibility index (Phi) is 3.96. The fraction of sp³-hybridized carbons (Fsp3) is 0.211. The van der Waals surface area contributed by atoms with Crippen LogP contribution in [-0.2, 0) is 4.84 Å². The zero-order valence-electron chi connectivity index (χ0n) is 13.2. The molecule has 0 spiro atoms. The highest BCUT2D eigenvalue weighted by Crippen LogP contribution is 2.33. The van der Waals surface area contributed by atoms with E-state index < -0.39 is 0 Å². The molecular formula is C19H20N2O. The molecule has 0 saturated heterocycles. The minimum absolute atomic E-state index is 0.944. The van der Waals surface area contributed by atoms with Crippen molar-refractivity contribution >= 4 is 22.6 Å². The Bertz CT molecular complexity index is 785. The van der Waals surface area contributed by atoms with E-state index >= 15 is 0 Å². The number of allylic oxidation sites excluding steroid dienone is 3. The molecule has 3 rings (SSSR count). The van der Waals surface area contributed by atoms with E-state index in [0.29, 0.717) is 0 Å². The molecule has 0 heterocycles. The lowest BCUT2D eigenvalue weighted by atomic mass is 9.94. The van der Waals surface area contributed by atoms with Crippen molar-refractivity contribution in [3.8, 4) is 0 Å². The van der Waals surface area contributed by atoms with Gasteiger partial charge in [0, 0.05) is 25.4 Å². The van der Waals surface area contributed by atoms with E-state index in [4.69, 9.17) is 4.84 Å². The number of fused-ring (bicyclic) bond motifs is 1. The quantitative estimate of drug-likeness (QED) is 0.627. The van der Waals surface area contributed by atoms with Crippen LogP contribution in [0.4, 0.5) is 0 Å². The third-order valence-corrected chi connectivity index (χ3v) is 3.93. The van der Waals surface area contributed by atoms with Crippen molar-refractivity contribution in [3.63, 3.8) is 0 Å². The third kappa shape index (κ3) is 2.62. The molecule has 22 heavy (non-hydrogen) atoms. The molecule has 0 atom stereocenters. The van der Waals surface area contributed by atoms with Gasteiger partial charge in [-0.05, 0) is 46.5 Å². The Morgan fingerprint density at radius 2 is 1.86 bits per heavy atom. The number of benzene rings is 2. The summed E-state index contributed by atoms with van der Waals surface area (Å²) in [5, 5.41) is 6.42. The summed E-state index contributed by atoms with van der Waals surface area (Å²) in [6.07, 6.45) is 7.12. The van der Waals surface area contributed by atoms with Crippen LogP contribution in [0.1, 0.15) is 17.5 Å². The molecule has 0 aliphatic heterocycles. The van der Waals surface area contributed by atoms with E-state index in [1.54, 1.807) is 13.3 Å². The van der Waals surface area contributed by atoms with Crippen LogP contribution in [0.5, 0.6) is 0 Å². The van der Waals surface area contributed by atoms with E-state index in [2.05, 4.69) is 72.7 Å². The van der Waals surface area contributed by atoms with Crippen LogP contribution in [0, 0.1) is 0 Å². The van der Waals surface area contributed by atoms with E-state index in [0.717, 1.165) is 12.0 Å².